The van der Waals surface area contributed by atoms with E-state index < -0.39 is 0 Å². The monoisotopic (exact) mass is 611 g/mol. The molecule has 0 unspecified atom stereocenters. The van der Waals surface area contributed by atoms with Gasteiger partial charge in [0.05, 0.1) is 32.9 Å². The largest absolute Gasteiger partial charge is 0.489 e. The predicted octanol–water partition coefficient (Wildman–Crippen LogP) is 5.96. The number of hydrogen-bond donors (Lipinski definition) is 3. The van der Waals surface area contributed by atoms with Crippen molar-refractivity contribution in [2.24, 2.45) is 0 Å². The molecular weight excluding hydrogens is 586 g/mol. The molecule has 3 N–H and O–H groups in total. The lowest BCUT2D eigenvalue weighted by Crippen LogP contribution is -2.24. The van der Waals surface area contributed by atoms with E-state index in [4.69, 9.17) is 25.5 Å². The molecule has 2 heterocycles. The lowest BCUT2D eigenvalue weighted by atomic mass is 10.2. The number of unbranched alkanes of at least 4 members (excludes halogenated alkanes) is 2. The number of carbonyl (C=O) groups is 3. The van der Waals surface area contributed by atoms with Gasteiger partial charge in [0.1, 0.15) is 12.4 Å². The molecule has 37 heavy (non-hydrogen) atoms. The van der Waals surface area contributed by atoms with Crippen LogP contribution in [0.25, 0.3) is 0 Å². The van der Waals surface area contributed by atoms with Crippen LogP contribution in [0, 0.1) is 0 Å². The highest BCUT2D eigenvalue weighted by atomic mass is 79.9. The summed E-state index contributed by atoms with van der Waals surface area (Å²) in [5.74, 6) is -0.0357. The first-order valence-corrected chi connectivity index (χ1v) is 13.5. The van der Waals surface area contributed by atoms with Crippen molar-refractivity contribution >= 4 is 67.3 Å². The molecule has 3 amide bonds. The van der Waals surface area contributed by atoms with Crippen LogP contribution in [0.15, 0.2) is 51.6 Å². The minimum absolute atomic E-state index is 0.138. The first kappa shape index (κ1) is 28.7. The molecule has 12 heteroatoms. The van der Waals surface area contributed by atoms with Crippen LogP contribution >= 0.6 is 38.9 Å². The van der Waals surface area contributed by atoms with Crippen molar-refractivity contribution in [2.75, 3.05) is 37.5 Å². The van der Waals surface area contributed by atoms with Gasteiger partial charge in [-0.15, -0.1) is 11.3 Å². The molecule has 198 valence electrons. The van der Waals surface area contributed by atoms with Gasteiger partial charge in [0.25, 0.3) is 11.8 Å². The van der Waals surface area contributed by atoms with Crippen molar-refractivity contribution in [2.45, 2.75) is 25.7 Å². The van der Waals surface area contributed by atoms with E-state index in [2.05, 4.69) is 31.9 Å². The van der Waals surface area contributed by atoms with Crippen LogP contribution in [0.2, 0.25) is 5.02 Å². The lowest BCUT2D eigenvalue weighted by Gasteiger charge is -2.12. The maximum absolute atomic E-state index is 12.7. The second kappa shape index (κ2) is 14.8. The number of anilines is 2. The number of methoxy groups -OCH3 is 1. The molecule has 9 nitrogen and oxygen atoms in total. The van der Waals surface area contributed by atoms with Crippen molar-refractivity contribution in [1.29, 1.82) is 0 Å². The van der Waals surface area contributed by atoms with Crippen LogP contribution < -0.4 is 20.7 Å². The number of furan rings is 1. The van der Waals surface area contributed by atoms with Crippen LogP contribution in [0.1, 0.15) is 45.9 Å². The van der Waals surface area contributed by atoms with E-state index in [0.717, 1.165) is 12.8 Å². The normalized spacial score (nSPS) is 10.7. The standard InChI is InChI=1S/C25H27BrClN3O6S/c1-34-13-14-35-19-7-6-16(27)15-18(19)29-24(32)20-8-9-22(37-20)30-21(31)5-3-2-4-11-28-25(33)23-17(26)10-12-36-23/h6-10,12,15H,2-5,11,13-14H2,1H3,(H,28,33)(H,29,32)(H,30,31). The minimum atomic E-state index is -0.340. The maximum Gasteiger partial charge on any atom is 0.288 e. The minimum Gasteiger partial charge on any atom is -0.489 e. The Hall–Kier alpha value is -2.86. The van der Waals surface area contributed by atoms with E-state index >= 15 is 0 Å². The van der Waals surface area contributed by atoms with E-state index in [9.17, 15) is 14.4 Å². The van der Waals surface area contributed by atoms with Crippen molar-refractivity contribution in [1.82, 2.24) is 5.32 Å². The summed E-state index contributed by atoms with van der Waals surface area (Å²) in [5, 5.41) is 9.45. The molecular formula is C25H27BrClN3O6S. The number of carbonyl (C=O) groups excluding carboxylic acids is 3. The summed E-state index contributed by atoms with van der Waals surface area (Å²) >= 11 is 10.5. The molecule has 0 aliphatic heterocycles. The SMILES string of the molecule is COCCOc1ccc(Cl)cc1NC(=O)c1ccc(NC(=O)CCCCCNC(=O)c2occc2Br)s1. The van der Waals surface area contributed by atoms with Crippen molar-refractivity contribution in [3.63, 3.8) is 0 Å². The third kappa shape index (κ3) is 9.19. The highest BCUT2D eigenvalue weighted by Crippen LogP contribution is 2.30. The zero-order valence-electron chi connectivity index (χ0n) is 20.1. The van der Waals surface area contributed by atoms with E-state index in [1.165, 1.54) is 17.6 Å². The highest BCUT2D eigenvalue weighted by Gasteiger charge is 2.15. The molecule has 0 fully saturated rings. The predicted molar refractivity (Wildman–Crippen MR) is 147 cm³/mol. The number of amides is 3. The van der Waals surface area contributed by atoms with Gasteiger partial charge in [-0.3, -0.25) is 14.4 Å². The Morgan fingerprint density at radius 2 is 1.86 bits per heavy atom. The lowest BCUT2D eigenvalue weighted by molar-refractivity contribution is -0.116. The Bertz CT molecular complexity index is 1210. The quantitative estimate of drug-likeness (QED) is 0.193. The molecule has 3 aromatic rings. The number of rotatable bonds is 14. The van der Waals surface area contributed by atoms with Crippen molar-refractivity contribution in [3.8, 4) is 5.75 Å². The Morgan fingerprint density at radius 3 is 2.62 bits per heavy atom. The van der Waals surface area contributed by atoms with Gasteiger partial charge in [-0.25, -0.2) is 0 Å². The van der Waals surface area contributed by atoms with Crippen LogP contribution in [-0.2, 0) is 9.53 Å². The van der Waals surface area contributed by atoms with E-state index in [1.54, 1.807) is 43.5 Å². The van der Waals surface area contributed by atoms with Crippen molar-refractivity contribution < 1.29 is 28.3 Å². The number of thiophene rings is 1. The van der Waals surface area contributed by atoms with Gasteiger partial charge < -0.3 is 29.8 Å². The number of benzene rings is 1. The number of halogens is 2. The fourth-order valence-corrected chi connectivity index (χ4v) is 4.57. The molecule has 3 rings (SSSR count). The molecule has 0 spiro atoms. The molecule has 0 bridgehead atoms. The van der Waals surface area contributed by atoms with Gasteiger partial charge in [0.2, 0.25) is 11.7 Å². The Morgan fingerprint density at radius 1 is 1.03 bits per heavy atom. The molecule has 0 atom stereocenters. The first-order chi connectivity index (χ1) is 17.9. The molecule has 0 aliphatic carbocycles. The summed E-state index contributed by atoms with van der Waals surface area (Å²) in [6.07, 6.45) is 3.96. The molecule has 0 saturated carbocycles. The van der Waals surface area contributed by atoms with Crippen LogP contribution in [-0.4, -0.2) is 44.6 Å². The average Bonchev–Trinajstić information content (AvgIpc) is 3.51. The second-order valence-corrected chi connectivity index (χ2v) is 10.2. The number of nitrogens with one attached hydrogen (secondary N) is 3. The molecule has 0 aliphatic rings. The zero-order chi connectivity index (χ0) is 26.6. The summed E-state index contributed by atoms with van der Waals surface area (Å²) in [4.78, 5) is 37.4. The first-order valence-electron chi connectivity index (χ1n) is 11.5. The molecule has 1 aromatic carbocycles. The van der Waals surface area contributed by atoms with Gasteiger partial charge in [-0.1, -0.05) is 18.0 Å². The summed E-state index contributed by atoms with van der Waals surface area (Å²) in [7, 11) is 1.58. The molecule has 0 saturated heterocycles. The number of ether oxygens (including phenoxy) is 2. The third-order valence-electron chi connectivity index (χ3n) is 5.02. The molecule has 0 radical (unpaired) electrons. The topological polar surface area (TPSA) is 119 Å². The summed E-state index contributed by atoms with van der Waals surface area (Å²) in [6, 6.07) is 9.96. The third-order valence-corrected chi connectivity index (χ3v) is 6.88. The van der Waals surface area contributed by atoms with Crippen LogP contribution in [0.5, 0.6) is 5.75 Å². The van der Waals surface area contributed by atoms with Gasteiger partial charge in [0, 0.05) is 25.1 Å². The van der Waals surface area contributed by atoms with Gasteiger partial charge >= 0.3 is 0 Å². The highest BCUT2D eigenvalue weighted by molar-refractivity contribution is 9.10. The summed E-state index contributed by atoms with van der Waals surface area (Å²) in [6.45, 7) is 1.22. The van der Waals surface area contributed by atoms with Crippen LogP contribution in [0.3, 0.4) is 0 Å². The zero-order valence-corrected chi connectivity index (χ0v) is 23.3. The van der Waals surface area contributed by atoms with E-state index in [1.807, 2.05) is 0 Å². The summed E-state index contributed by atoms with van der Waals surface area (Å²) in [5.41, 5.74) is 0.445. The Balaban J connectivity index is 1.39. The number of hydrogen-bond acceptors (Lipinski definition) is 7. The van der Waals surface area contributed by atoms with Crippen LogP contribution in [0.4, 0.5) is 10.7 Å². The maximum atomic E-state index is 12.7. The van der Waals surface area contributed by atoms with E-state index in [0.29, 0.717) is 63.4 Å². The summed E-state index contributed by atoms with van der Waals surface area (Å²) < 4.78 is 16.4. The van der Waals surface area contributed by atoms with E-state index in [-0.39, 0.29) is 23.5 Å². The van der Waals surface area contributed by atoms with Gasteiger partial charge in [0.15, 0.2) is 0 Å². The Labute approximate surface area is 232 Å². The average molecular weight is 613 g/mol. The fraction of sp³-hybridized carbons (Fsp3) is 0.320. The smallest absolute Gasteiger partial charge is 0.288 e. The molecule has 2 aromatic heterocycles. The Kier molecular flexibility index (Phi) is 11.5. The fourth-order valence-electron chi connectivity index (χ4n) is 3.20. The van der Waals surface area contributed by atoms with Crippen molar-refractivity contribution in [3.05, 3.63) is 62.8 Å². The van der Waals surface area contributed by atoms with Gasteiger partial charge in [-0.2, -0.15) is 0 Å². The van der Waals surface area contributed by atoms with Gasteiger partial charge in [-0.05, 0) is 65.2 Å². The second-order valence-electron chi connectivity index (χ2n) is 7.81.